The van der Waals surface area contributed by atoms with E-state index in [0.29, 0.717) is 12.1 Å². The first-order valence-electron chi connectivity index (χ1n) is 6.69. The monoisotopic (exact) mass is 363 g/mol. The van der Waals surface area contributed by atoms with Gasteiger partial charge >= 0.3 is 6.18 Å². The topological polar surface area (TPSA) is 29.1 Å². The molecule has 0 fully saturated rings. The third-order valence-electron chi connectivity index (χ3n) is 3.28. The Hall–Kier alpha value is -2.15. The number of benzene rings is 2. The van der Waals surface area contributed by atoms with Crippen molar-refractivity contribution in [3.05, 3.63) is 64.2 Å². The van der Waals surface area contributed by atoms with Gasteiger partial charge in [-0.25, -0.2) is 8.78 Å². The molecule has 0 aliphatic carbocycles. The van der Waals surface area contributed by atoms with E-state index >= 15 is 0 Å². The number of carbonyl (C=O) groups excluding carboxylic acids is 1. The molecule has 128 valence electrons. The van der Waals surface area contributed by atoms with Crippen molar-refractivity contribution in [3.63, 3.8) is 0 Å². The lowest BCUT2D eigenvalue weighted by molar-refractivity contribution is -0.144. The smallest absolute Gasteiger partial charge is 0.368 e. The number of anilines is 1. The van der Waals surface area contributed by atoms with Crippen molar-refractivity contribution >= 4 is 23.1 Å². The molecular formula is C16H11ClF5NO. The van der Waals surface area contributed by atoms with Crippen LogP contribution in [-0.2, 0) is 0 Å². The van der Waals surface area contributed by atoms with Gasteiger partial charge in [-0.2, -0.15) is 13.2 Å². The summed E-state index contributed by atoms with van der Waals surface area (Å²) in [7, 11) is 0. The average Bonchev–Trinajstić information content (AvgIpc) is 2.47. The maximum absolute atomic E-state index is 14.0. The van der Waals surface area contributed by atoms with Crippen molar-refractivity contribution in [1.29, 1.82) is 0 Å². The first kappa shape index (κ1) is 18.2. The molecule has 0 saturated carbocycles. The Bertz CT molecular complexity index is 776. The Morgan fingerprint density at radius 3 is 2.29 bits per heavy atom. The van der Waals surface area contributed by atoms with Crippen molar-refractivity contribution in [2.24, 2.45) is 0 Å². The van der Waals surface area contributed by atoms with Crippen LogP contribution < -0.4 is 5.32 Å². The predicted molar refractivity (Wildman–Crippen MR) is 80.2 cm³/mol. The molecule has 24 heavy (non-hydrogen) atoms. The van der Waals surface area contributed by atoms with Gasteiger partial charge in [-0.1, -0.05) is 29.8 Å². The summed E-state index contributed by atoms with van der Waals surface area (Å²) in [5.41, 5.74) is -1.60. The summed E-state index contributed by atoms with van der Waals surface area (Å²) in [5, 5.41) is 1.74. The van der Waals surface area contributed by atoms with Crippen molar-refractivity contribution in [2.45, 2.75) is 19.1 Å². The van der Waals surface area contributed by atoms with E-state index in [4.69, 9.17) is 11.6 Å². The molecule has 0 spiro atoms. The largest absolute Gasteiger partial charge is 0.412 e. The van der Waals surface area contributed by atoms with Gasteiger partial charge in [0.05, 0.1) is 11.3 Å². The van der Waals surface area contributed by atoms with Crippen LogP contribution in [0.5, 0.6) is 0 Å². The van der Waals surface area contributed by atoms with Gasteiger partial charge in [0.2, 0.25) is 0 Å². The molecule has 2 aromatic carbocycles. The number of Topliss-reactive ketones (excluding diaryl/α,β-unsaturated/α-hetero) is 1. The molecule has 0 aromatic heterocycles. The highest BCUT2D eigenvalue weighted by atomic mass is 35.5. The lowest BCUT2D eigenvalue weighted by Crippen LogP contribution is -2.28. The lowest BCUT2D eigenvalue weighted by Gasteiger charge is -2.24. The zero-order valence-corrected chi connectivity index (χ0v) is 13.0. The second-order valence-corrected chi connectivity index (χ2v) is 5.42. The molecule has 2 aromatic rings. The van der Waals surface area contributed by atoms with E-state index in [1.807, 2.05) is 5.32 Å². The molecule has 2 rings (SSSR count). The minimum absolute atomic E-state index is 0.173. The van der Waals surface area contributed by atoms with Crippen molar-refractivity contribution in [2.75, 3.05) is 5.32 Å². The molecule has 8 heteroatoms. The number of carbonyl (C=O) groups is 1. The van der Waals surface area contributed by atoms with Gasteiger partial charge in [0.15, 0.2) is 5.78 Å². The second kappa shape index (κ2) is 6.76. The molecule has 1 N–H and O–H groups in total. The van der Waals surface area contributed by atoms with Crippen LogP contribution in [0.15, 0.2) is 36.4 Å². The number of alkyl halides is 3. The van der Waals surface area contributed by atoms with Crippen molar-refractivity contribution in [1.82, 2.24) is 0 Å². The van der Waals surface area contributed by atoms with Crippen LogP contribution in [0.1, 0.15) is 28.9 Å². The normalized spacial score (nSPS) is 12.8. The van der Waals surface area contributed by atoms with Gasteiger partial charge < -0.3 is 5.32 Å². The molecule has 0 radical (unpaired) electrons. The molecule has 0 heterocycles. The van der Waals surface area contributed by atoms with E-state index in [1.54, 1.807) is 0 Å². The van der Waals surface area contributed by atoms with E-state index in [9.17, 15) is 26.7 Å². The van der Waals surface area contributed by atoms with Crippen LogP contribution >= 0.6 is 11.6 Å². The first-order chi connectivity index (χ1) is 11.1. The molecule has 2 nitrogen and oxygen atoms in total. The standard InChI is InChI=1S/C16H11ClF5NO/c1-8(24)10-6-13(19)14(7-12(10)18)23-15(16(20,21)22)9-4-2-3-5-11(9)17/h2-7,15,23H,1H3. The van der Waals surface area contributed by atoms with Gasteiger partial charge in [-0.15, -0.1) is 0 Å². The summed E-state index contributed by atoms with van der Waals surface area (Å²) in [4.78, 5) is 11.2. The number of halogens is 6. The van der Waals surface area contributed by atoms with Gasteiger partial charge in [-0.3, -0.25) is 4.79 Å². The average molecular weight is 364 g/mol. The van der Waals surface area contributed by atoms with E-state index in [0.717, 1.165) is 13.0 Å². The van der Waals surface area contributed by atoms with E-state index < -0.39 is 40.9 Å². The maximum atomic E-state index is 14.0. The second-order valence-electron chi connectivity index (χ2n) is 5.01. The molecular weight excluding hydrogens is 353 g/mol. The Morgan fingerprint density at radius 2 is 1.75 bits per heavy atom. The van der Waals surface area contributed by atoms with Gasteiger partial charge in [0.1, 0.15) is 17.7 Å². The molecule has 0 amide bonds. The highest BCUT2D eigenvalue weighted by molar-refractivity contribution is 6.31. The van der Waals surface area contributed by atoms with Crippen LogP contribution in [0.4, 0.5) is 27.6 Å². The quantitative estimate of drug-likeness (QED) is 0.571. The fourth-order valence-corrected chi connectivity index (χ4v) is 2.37. The lowest BCUT2D eigenvalue weighted by atomic mass is 10.0. The summed E-state index contributed by atoms with van der Waals surface area (Å²) in [6, 6.07) is 3.90. The van der Waals surface area contributed by atoms with Gasteiger partial charge in [0, 0.05) is 16.7 Å². The highest BCUT2D eigenvalue weighted by Gasteiger charge is 2.42. The van der Waals surface area contributed by atoms with E-state index in [2.05, 4.69) is 0 Å². The maximum Gasteiger partial charge on any atom is 0.412 e. The zero-order valence-electron chi connectivity index (χ0n) is 12.2. The SMILES string of the molecule is CC(=O)c1cc(F)c(NC(c2ccccc2Cl)C(F)(F)F)cc1F. The van der Waals surface area contributed by atoms with Crippen molar-refractivity contribution in [3.8, 4) is 0 Å². The minimum Gasteiger partial charge on any atom is -0.368 e. The Morgan fingerprint density at radius 1 is 1.12 bits per heavy atom. The third kappa shape index (κ3) is 3.84. The van der Waals surface area contributed by atoms with Crippen LogP contribution in [0.25, 0.3) is 0 Å². The van der Waals surface area contributed by atoms with Crippen molar-refractivity contribution < 1.29 is 26.7 Å². The number of ketones is 1. The molecule has 0 aliphatic rings. The van der Waals surface area contributed by atoms with Gasteiger partial charge in [-0.05, 0) is 19.1 Å². The number of rotatable bonds is 4. The predicted octanol–water partition coefficient (Wildman–Crippen LogP) is 5.54. The Kier molecular flexibility index (Phi) is 5.13. The van der Waals surface area contributed by atoms with Crippen LogP contribution in [0, 0.1) is 11.6 Å². The summed E-state index contributed by atoms with van der Waals surface area (Å²) in [6.45, 7) is 1.02. The van der Waals surface area contributed by atoms with Crippen LogP contribution in [-0.4, -0.2) is 12.0 Å². The molecule has 0 saturated heterocycles. The summed E-state index contributed by atoms with van der Waals surface area (Å²) in [6.07, 6.45) is -4.81. The van der Waals surface area contributed by atoms with Crippen LogP contribution in [0.3, 0.4) is 0 Å². The number of nitrogens with one attached hydrogen (secondary N) is 1. The molecule has 0 aliphatic heterocycles. The fourth-order valence-electron chi connectivity index (χ4n) is 2.13. The third-order valence-corrected chi connectivity index (χ3v) is 3.62. The van der Waals surface area contributed by atoms with E-state index in [-0.39, 0.29) is 10.6 Å². The Balaban J connectivity index is 2.47. The molecule has 0 bridgehead atoms. The minimum atomic E-state index is -4.81. The first-order valence-corrected chi connectivity index (χ1v) is 7.06. The summed E-state index contributed by atoms with van der Waals surface area (Å²) < 4.78 is 67.7. The number of hydrogen-bond donors (Lipinski definition) is 1. The Labute approximate surface area is 139 Å². The fraction of sp³-hybridized carbons (Fsp3) is 0.188. The molecule has 1 atom stereocenters. The summed E-state index contributed by atoms with van der Waals surface area (Å²) in [5.74, 6) is -3.04. The van der Waals surface area contributed by atoms with E-state index in [1.165, 1.54) is 18.2 Å². The van der Waals surface area contributed by atoms with Gasteiger partial charge in [0.25, 0.3) is 0 Å². The molecule has 1 unspecified atom stereocenters. The highest BCUT2D eigenvalue weighted by Crippen LogP contribution is 2.39. The zero-order chi connectivity index (χ0) is 18.1. The van der Waals surface area contributed by atoms with Crippen LogP contribution in [0.2, 0.25) is 5.02 Å². The summed E-state index contributed by atoms with van der Waals surface area (Å²) >= 11 is 5.78. The number of hydrogen-bond acceptors (Lipinski definition) is 2.